The lowest BCUT2D eigenvalue weighted by Crippen LogP contribution is -2.25. The van der Waals surface area contributed by atoms with Crippen molar-refractivity contribution < 1.29 is 24.9 Å². The number of carbonyl (C=O) groups is 1. The Morgan fingerprint density at radius 2 is 1.85 bits per heavy atom. The normalized spacial score (nSPS) is 23.2. The molecule has 0 amide bonds. The SMILES string of the molecule is CC1(C)Cc2c(O)c3c(c(C(=O)O)c2C1)C[C@@H](O)OC3. The van der Waals surface area contributed by atoms with E-state index in [1.807, 2.05) is 0 Å². The summed E-state index contributed by atoms with van der Waals surface area (Å²) in [5.41, 5.74) is 2.67. The van der Waals surface area contributed by atoms with Crippen molar-refractivity contribution >= 4 is 5.97 Å². The van der Waals surface area contributed by atoms with Crippen LogP contribution in [0.3, 0.4) is 0 Å². The number of carboxylic acids is 1. The minimum Gasteiger partial charge on any atom is -0.507 e. The molecular weight excluding hydrogens is 260 g/mol. The summed E-state index contributed by atoms with van der Waals surface area (Å²) in [6.45, 7) is 4.17. The van der Waals surface area contributed by atoms with Crippen molar-refractivity contribution in [3.05, 3.63) is 27.8 Å². The van der Waals surface area contributed by atoms with Crippen LogP contribution in [0.4, 0.5) is 0 Å². The smallest absolute Gasteiger partial charge is 0.336 e. The number of fused-ring (bicyclic) bond motifs is 2. The molecule has 5 nitrogen and oxygen atoms in total. The molecule has 3 N–H and O–H groups in total. The molecule has 1 atom stereocenters. The van der Waals surface area contributed by atoms with Gasteiger partial charge >= 0.3 is 5.97 Å². The topological polar surface area (TPSA) is 87.0 Å². The van der Waals surface area contributed by atoms with Gasteiger partial charge in [0, 0.05) is 12.0 Å². The molecule has 0 aromatic heterocycles. The second-order valence-electron chi connectivity index (χ2n) is 6.43. The summed E-state index contributed by atoms with van der Waals surface area (Å²) < 4.78 is 5.13. The summed E-state index contributed by atoms with van der Waals surface area (Å²) in [6.07, 6.45) is 0.386. The first-order valence-corrected chi connectivity index (χ1v) is 6.71. The fourth-order valence-electron chi connectivity index (χ4n) is 3.41. The van der Waals surface area contributed by atoms with E-state index in [0.29, 0.717) is 29.5 Å². The third kappa shape index (κ3) is 1.89. The summed E-state index contributed by atoms with van der Waals surface area (Å²) in [4.78, 5) is 11.7. The number of phenols is 1. The maximum absolute atomic E-state index is 11.7. The molecule has 0 saturated heterocycles. The van der Waals surface area contributed by atoms with Gasteiger partial charge in [-0.2, -0.15) is 0 Å². The molecule has 1 aromatic carbocycles. The molecule has 0 saturated carbocycles. The fraction of sp³-hybridized carbons (Fsp3) is 0.533. The van der Waals surface area contributed by atoms with Crippen LogP contribution in [-0.2, 0) is 30.6 Å². The van der Waals surface area contributed by atoms with Crippen LogP contribution in [-0.4, -0.2) is 27.6 Å². The van der Waals surface area contributed by atoms with E-state index >= 15 is 0 Å². The number of aromatic hydroxyl groups is 1. The quantitative estimate of drug-likeness (QED) is 0.726. The average molecular weight is 278 g/mol. The van der Waals surface area contributed by atoms with Gasteiger partial charge in [0.15, 0.2) is 6.29 Å². The van der Waals surface area contributed by atoms with Crippen LogP contribution in [0.1, 0.15) is 46.5 Å². The minimum atomic E-state index is -1.01. The van der Waals surface area contributed by atoms with Gasteiger partial charge in [-0.25, -0.2) is 4.79 Å². The summed E-state index contributed by atoms with van der Waals surface area (Å²) in [5.74, 6) is -0.846. The third-order valence-electron chi connectivity index (χ3n) is 4.23. The number of aromatic carboxylic acids is 1. The van der Waals surface area contributed by atoms with E-state index in [4.69, 9.17) is 4.74 Å². The molecule has 5 heteroatoms. The average Bonchev–Trinajstić information content (AvgIpc) is 2.64. The zero-order chi connectivity index (χ0) is 14.7. The zero-order valence-corrected chi connectivity index (χ0v) is 11.6. The number of rotatable bonds is 1. The summed E-state index contributed by atoms with van der Waals surface area (Å²) in [7, 11) is 0. The first-order chi connectivity index (χ1) is 9.30. The number of aliphatic hydroxyl groups excluding tert-OH is 1. The lowest BCUT2D eigenvalue weighted by atomic mass is 9.88. The van der Waals surface area contributed by atoms with E-state index in [0.717, 1.165) is 5.56 Å². The van der Waals surface area contributed by atoms with Crippen LogP contribution in [0.2, 0.25) is 0 Å². The highest BCUT2D eigenvalue weighted by atomic mass is 16.6. The second-order valence-corrected chi connectivity index (χ2v) is 6.43. The molecule has 0 bridgehead atoms. The third-order valence-corrected chi connectivity index (χ3v) is 4.23. The summed E-state index contributed by atoms with van der Waals surface area (Å²) in [6, 6.07) is 0. The van der Waals surface area contributed by atoms with E-state index in [9.17, 15) is 20.1 Å². The highest BCUT2D eigenvalue weighted by Crippen LogP contribution is 2.46. The zero-order valence-electron chi connectivity index (χ0n) is 11.6. The maximum Gasteiger partial charge on any atom is 0.336 e. The van der Waals surface area contributed by atoms with Crippen LogP contribution in [0.25, 0.3) is 0 Å². The molecule has 0 fully saturated rings. The number of phenolic OH excluding ortho intramolecular Hbond substituents is 1. The maximum atomic E-state index is 11.7. The van der Waals surface area contributed by atoms with Crippen molar-refractivity contribution in [2.45, 2.75) is 46.0 Å². The number of hydrogen-bond donors (Lipinski definition) is 3. The van der Waals surface area contributed by atoms with Gasteiger partial charge in [0.05, 0.1) is 12.2 Å². The molecule has 1 aliphatic carbocycles. The Hall–Kier alpha value is -1.59. The van der Waals surface area contributed by atoms with E-state index in [1.165, 1.54) is 0 Å². The van der Waals surface area contributed by atoms with E-state index in [1.54, 1.807) is 0 Å². The molecule has 0 spiro atoms. The standard InChI is InChI=1S/C15H18O5/c1-15(2)4-8-9(5-15)13(17)10-6-20-11(16)3-7(10)12(8)14(18)19/h11,16-17H,3-6H2,1-2H3,(H,18,19)/t11-/m0/s1. The molecule has 108 valence electrons. The molecule has 1 aromatic rings. The van der Waals surface area contributed by atoms with Crippen LogP contribution >= 0.6 is 0 Å². The van der Waals surface area contributed by atoms with Crippen molar-refractivity contribution in [1.29, 1.82) is 0 Å². The summed E-state index contributed by atoms with van der Waals surface area (Å²) >= 11 is 0. The highest BCUT2D eigenvalue weighted by Gasteiger charge is 2.38. The molecule has 3 rings (SSSR count). The van der Waals surface area contributed by atoms with E-state index < -0.39 is 12.3 Å². The molecule has 1 aliphatic heterocycles. The van der Waals surface area contributed by atoms with Gasteiger partial charge in [-0.3, -0.25) is 0 Å². The molecule has 0 unspecified atom stereocenters. The molecule has 1 heterocycles. The fourth-order valence-corrected chi connectivity index (χ4v) is 3.41. The monoisotopic (exact) mass is 278 g/mol. The highest BCUT2D eigenvalue weighted by molar-refractivity contribution is 5.93. The van der Waals surface area contributed by atoms with Gasteiger partial charge in [0.1, 0.15) is 5.75 Å². The Bertz CT molecular complexity index is 603. The van der Waals surface area contributed by atoms with Crippen LogP contribution in [0.15, 0.2) is 0 Å². The van der Waals surface area contributed by atoms with Crippen LogP contribution < -0.4 is 0 Å². The Morgan fingerprint density at radius 3 is 2.50 bits per heavy atom. The largest absolute Gasteiger partial charge is 0.507 e. The number of benzene rings is 1. The Kier molecular flexibility index (Phi) is 2.81. The van der Waals surface area contributed by atoms with Gasteiger partial charge in [0.25, 0.3) is 0 Å². The van der Waals surface area contributed by atoms with Crippen molar-refractivity contribution in [1.82, 2.24) is 0 Å². The van der Waals surface area contributed by atoms with Crippen molar-refractivity contribution in [2.24, 2.45) is 5.41 Å². The van der Waals surface area contributed by atoms with Crippen molar-refractivity contribution in [2.75, 3.05) is 0 Å². The lowest BCUT2D eigenvalue weighted by Gasteiger charge is -2.26. The van der Waals surface area contributed by atoms with Gasteiger partial charge in [-0.1, -0.05) is 13.8 Å². The molecular formula is C15H18O5. The lowest BCUT2D eigenvalue weighted by molar-refractivity contribution is -0.115. The minimum absolute atomic E-state index is 0.0519. The Morgan fingerprint density at radius 1 is 1.20 bits per heavy atom. The predicted octanol–water partition coefficient (Wildman–Crippen LogP) is 1.61. The van der Waals surface area contributed by atoms with Gasteiger partial charge < -0.3 is 20.1 Å². The van der Waals surface area contributed by atoms with Crippen LogP contribution in [0.5, 0.6) is 5.75 Å². The van der Waals surface area contributed by atoms with Gasteiger partial charge in [-0.05, 0) is 34.9 Å². The van der Waals surface area contributed by atoms with Crippen molar-refractivity contribution in [3.63, 3.8) is 0 Å². The first kappa shape index (κ1) is 13.4. The predicted molar refractivity (Wildman–Crippen MR) is 70.8 cm³/mol. The molecule has 0 radical (unpaired) electrons. The van der Waals surface area contributed by atoms with Crippen LogP contribution in [0, 0.1) is 5.41 Å². The van der Waals surface area contributed by atoms with Crippen molar-refractivity contribution in [3.8, 4) is 5.75 Å². The number of aliphatic hydroxyl groups is 1. The number of hydrogen-bond acceptors (Lipinski definition) is 4. The number of carboxylic acid groups (broad SMARTS) is 1. The Labute approximate surface area is 116 Å². The van der Waals surface area contributed by atoms with E-state index in [2.05, 4.69) is 13.8 Å². The second kappa shape index (κ2) is 4.20. The molecule has 2 aliphatic rings. The van der Waals surface area contributed by atoms with Gasteiger partial charge in [-0.15, -0.1) is 0 Å². The van der Waals surface area contributed by atoms with E-state index in [-0.39, 0.29) is 29.8 Å². The first-order valence-electron chi connectivity index (χ1n) is 6.71. The van der Waals surface area contributed by atoms with Gasteiger partial charge in [0.2, 0.25) is 0 Å². The Balaban J connectivity index is 2.28. The molecule has 20 heavy (non-hydrogen) atoms. The summed E-state index contributed by atoms with van der Waals surface area (Å²) in [5, 5.41) is 29.6. The number of ether oxygens (including phenoxy) is 1.